The van der Waals surface area contributed by atoms with E-state index in [1.54, 1.807) is 5.06 Å². The van der Waals surface area contributed by atoms with E-state index >= 15 is 0 Å². The lowest BCUT2D eigenvalue weighted by atomic mass is 9.98. The molecule has 1 fully saturated rings. The van der Waals surface area contributed by atoms with E-state index in [2.05, 4.69) is 15.1 Å². The molecule has 1 aliphatic heterocycles. The van der Waals surface area contributed by atoms with E-state index < -0.39 is 5.41 Å². The van der Waals surface area contributed by atoms with Crippen LogP contribution in [0.25, 0.3) is 10.8 Å². The molecule has 2 aromatic rings. The van der Waals surface area contributed by atoms with Gasteiger partial charge in [-0.2, -0.15) is 0 Å². The lowest BCUT2D eigenvalue weighted by molar-refractivity contribution is -0.211. The van der Waals surface area contributed by atoms with Gasteiger partial charge in [-0.25, -0.2) is 4.79 Å². The highest BCUT2D eigenvalue weighted by Crippen LogP contribution is 2.29. The second-order valence-electron chi connectivity index (χ2n) is 7.42. The zero-order valence-corrected chi connectivity index (χ0v) is 15.7. The molecular formula is C18H23ClN4O2. The number of piperazine rings is 1. The molecule has 0 unspecified atom stereocenters. The molecule has 0 aliphatic carbocycles. The van der Waals surface area contributed by atoms with E-state index in [0.29, 0.717) is 24.8 Å². The van der Waals surface area contributed by atoms with Crippen LogP contribution in [-0.4, -0.2) is 46.9 Å². The molecule has 1 aromatic carbocycles. The first kappa shape index (κ1) is 17.9. The summed E-state index contributed by atoms with van der Waals surface area (Å²) in [5.74, 6) is 0.596. The summed E-state index contributed by atoms with van der Waals surface area (Å²) in [5.41, 5.74) is -0.519. The van der Waals surface area contributed by atoms with Gasteiger partial charge in [0, 0.05) is 23.9 Å². The van der Waals surface area contributed by atoms with E-state index in [0.717, 1.165) is 16.6 Å². The van der Waals surface area contributed by atoms with Gasteiger partial charge in [-0.15, -0.1) is 15.3 Å². The van der Waals surface area contributed by atoms with Crippen molar-refractivity contribution in [3.8, 4) is 0 Å². The smallest absolute Gasteiger partial charge is 0.330 e. The molecule has 134 valence electrons. The number of hydroxylamine groups is 2. The van der Waals surface area contributed by atoms with Gasteiger partial charge in [-0.3, -0.25) is 0 Å². The Morgan fingerprint density at radius 3 is 2.52 bits per heavy atom. The van der Waals surface area contributed by atoms with Crippen LogP contribution in [0.4, 0.5) is 5.82 Å². The third-order valence-corrected chi connectivity index (χ3v) is 4.58. The zero-order valence-electron chi connectivity index (χ0n) is 15.0. The summed E-state index contributed by atoms with van der Waals surface area (Å²) in [6.07, 6.45) is 0. The maximum atomic E-state index is 12.1. The quantitative estimate of drug-likeness (QED) is 0.817. The second kappa shape index (κ2) is 6.77. The predicted octanol–water partition coefficient (Wildman–Crippen LogP) is 3.30. The minimum Gasteiger partial charge on any atom is -0.367 e. The summed E-state index contributed by atoms with van der Waals surface area (Å²) in [6, 6.07) is 7.90. The number of hydrogen-bond acceptors (Lipinski definition) is 6. The Morgan fingerprint density at radius 1 is 1.20 bits per heavy atom. The van der Waals surface area contributed by atoms with Crippen LogP contribution in [0.5, 0.6) is 0 Å². The molecule has 7 heteroatoms. The number of rotatable bonds is 2. The van der Waals surface area contributed by atoms with Gasteiger partial charge >= 0.3 is 5.97 Å². The fourth-order valence-electron chi connectivity index (χ4n) is 2.80. The number of carbonyl (C=O) groups is 1. The number of nitrogens with zero attached hydrogens (tertiary/aromatic N) is 4. The summed E-state index contributed by atoms with van der Waals surface area (Å²) < 4.78 is 0. The Balaban J connectivity index is 1.78. The molecule has 1 saturated heterocycles. The maximum Gasteiger partial charge on any atom is 0.330 e. The Bertz CT molecular complexity index is 790. The molecular weight excluding hydrogens is 340 g/mol. The van der Waals surface area contributed by atoms with E-state index in [1.807, 2.05) is 52.0 Å². The standard InChI is InChI=1S/C18H23ClN4O2/c1-12-11-22(9-10-23(12)25-17(24)18(2,3)4)16-14-8-6-5-7-13(14)15(19)20-21-16/h5-8,12H,9-11H2,1-4H3/t12-/m0/s1. The lowest BCUT2D eigenvalue weighted by Crippen LogP contribution is -2.53. The van der Waals surface area contributed by atoms with Crippen molar-refractivity contribution >= 4 is 34.2 Å². The van der Waals surface area contributed by atoms with E-state index in [1.165, 1.54) is 0 Å². The first-order valence-electron chi connectivity index (χ1n) is 8.42. The van der Waals surface area contributed by atoms with E-state index in [4.69, 9.17) is 16.4 Å². The number of benzene rings is 1. The fraction of sp³-hybridized carbons (Fsp3) is 0.500. The molecule has 0 spiro atoms. The van der Waals surface area contributed by atoms with Crippen LogP contribution >= 0.6 is 11.6 Å². The van der Waals surface area contributed by atoms with Crippen molar-refractivity contribution in [3.05, 3.63) is 29.4 Å². The molecule has 0 radical (unpaired) electrons. The van der Waals surface area contributed by atoms with Crippen molar-refractivity contribution in [2.45, 2.75) is 33.7 Å². The largest absolute Gasteiger partial charge is 0.367 e. The van der Waals surface area contributed by atoms with Crippen molar-refractivity contribution in [3.63, 3.8) is 0 Å². The monoisotopic (exact) mass is 362 g/mol. The van der Waals surface area contributed by atoms with Gasteiger partial charge in [0.1, 0.15) is 0 Å². The minimum atomic E-state index is -0.519. The van der Waals surface area contributed by atoms with Crippen molar-refractivity contribution in [1.29, 1.82) is 0 Å². The van der Waals surface area contributed by atoms with Gasteiger partial charge in [0.05, 0.1) is 18.0 Å². The Hall–Kier alpha value is -1.92. The molecule has 1 aromatic heterocycles. The van der Waals surface area contributed by atoms with Crippen LogP contribution in [0, 0.1) is 5.41 Å². The molecule has 25 heavy (non-hydrogen) atoms. The summed E-state index contributed by atoms with van der Waals surface area (Å²) in [4.78, 5) is 19.9. The molecule has 0 amide bonds. The first-order chi connectivity index (χ1) is 11.8. The second-order valence-corrected chi connectivity index (χ2v) is 7.78. The van der Waals surface area contributed by atoms with Gasteiger partial charge in [-0.1, -0.05) is 35.9 Å². The molecule has 0 saturated carbocycles. The van der Waals surface area contributed by atoms with Gasteiger partial charge in [0.2, 0.25) is 0 Å². The molecule has 0 bridgehead atoms. The molecule has 1 atom stereocenters. The van der Waals surface area contributed by atoms with E-state index in [-0.39, 0.29) is 12.0 Å². The van der Waals surface area contributed by atoms with Crippen LogP contribution in [-0.2, 0) is 9.63 Å². The van der Waals surface area contributed by atoms with Crippen molar-refractivity contribution in [2.75, 3.05) is 24.5 Å². The number of aromatic nitrogens is 2. The highest BCUT2D eigenvalue weighted by atomic mass is 35.5. The summed E-state index contributed by atoms with van der Waals surface area (Å²) in [7, 11) is 0. The minimum absolute atomic E-state index is 0.0521. The van der Waals surface area contributed by atoms with Crippen LogP contribution in [0.1, 0.15) is 27.7 Å². The van der Waals surface area contributed by atoms with Crippen molar-refractivity contribution < 1.29 is 9.63 Å². The fourth-order valence-corrected chi connectivity index (χ4v) is 3.01. The normalized spacial score (nSPS) is 19.2. The van der Waals surface area contributed by atoms with Crippen molar-refractivity contribution in [2.24, 2.45) is 5.41 Å². The van der Waals surface area contributed by atoms with Gasteiger partial charge in [-0.05, 0) is 27.7 Å². The SMILES string of the molecule is C[C@H]1CN(c2nnc(Cl)c3ccccc23)CCN1OC(=O)C(C)(C)C. The molecule has 0 N–H and O–H groups in total. The van der Waals surface area contributed by atoms with Crippen LogP contribution in [0.15, 0.2) is 24.3 Å². The summed E-state index contributed by atoms with van der Waals surface area (Å²) in [6.45, 7) is 9.60. The highest BCUT2D eigenvalue weighted by Gasteiger charge is 2.32. The number of halogens is 1. The van der Waals surface area contributed by atoms with Crippen LogP contribution < -0.4 is 4.90 Å². The third-order valence-electron chi connectivity index (χ3n) is 4.30. The first-order valence-corrected chi connectivity index (χ1v) is 8.80. The van der Waals surface area contributed by atoms with Crippen LogP contribution in [0.2, 0.25) is 5.15 Å². The average Bonchev–Trinajstić information content (AvgIpc) is 2.56. The average molecular weight is 363 g/mol. The van der Waals surface area contributed by atoms with Gasteiger partial charge in [0.15, 0.2) is 11.0 Å². The third kappa shape index (κ3) is 3.70. The maximum absolute atomic E-state index is 12.1. The van der Waals surface area contributed by atoms with Gasteiger partial charge in [0.25, 0.3) is 0 Å². The van der Waals surface area contributed by atoms with Crippen molar-refractivity contribution in [1.82, 2.24) is 15.3 Å². The number of fused-ring (bicyclic) bond motifs is 1. The van der Waals surface area contributed by atoms with E-state index in [9.17, 15) is 4.79 Å². The Morgan fingerprint density at radius 2 is 1.88 bits per heavy atom. The summed E-state index contributed by atoms with van der Waals surface area (Å²) in [5, 5.41) is 12.4. The predicted molar refractivity (Wildman–Crippen MR) is 98.5 cm³/mol. The van der Waals surface area contributed by atoms with Gasteiger partial charge < -0.3 is 9.74 Å². The number of carbonyl (C=O) groups excluding carboxylic acids is 1. The molecule has 6 nitrogen and oxygen atoms in total. The lowest BCUT2D eigenvalue weighted by Gasteiger charge is -2.39. The molecule has 3 rings (SSSR count). The highest BCUT2D eigenvalue weighted by molar-refractivity contribution is 6.34. The topological polar surface area (TPSA) is 58.6 Å². The number of hydrogen-bond donors (Lipinski definition) is 0. The Labute approximate surface area is 152 Å². The summed E-state index contributed by atoms with van der Waals surface area (Å²) >= 11 is 6.16. The molecule has 1 aliphatic rings. The Kier molecular flexibility index (Phi) is 4.84. The zero-order chi connectivity index (χ0) is 18.2. The number of anilines is 1. The molecule has 2 heterocycles. The van der Waals surface area contributed by atoms with Crippen LogP contribution in [0.3, 0.4) is 0 Å².